The molecule has 156 valence electrons. The summed E-state index contributed by atoms with van der Waals surface area (Å²) in [5.41, 5.74) is 1.04. The van der Waals surface area contributed by atoms with Gasteiger partial charge in [0, 0.05) is 5.69 Å². The van der Waals surface area contributed by atoms with Crippen LogP contribution in [0.1, 0.15) is 5.56 Å². The fourth-order valence-electron chi connectivity index (χ4n) is 2.65. The maximum absolute atomic E-state index is 13.2. The summed E-state index contributed by atoms with van der Waals surface area (Å²) in [5, 5.41) is 2.45. The number of carbonyl (C=O) groups excluding carboxylic acids is 2. The number of hydrogen-bond acceptors (Lipinski definition) is 6. The lowest BCUT2D eigenvalue weighted by Crippen LogP contribution is -2.36. The highest BCUT2D eigenvalue weighted by atomic mass is 35.5. The first-order valence-corrected chi connectivity index (χ1v) is 10.1. The monoisotopic (exact) mass is 466 g/mol. The molecule has 0 aliphatic carbocycles. The molecule has 10 heteroatoms. The maximum Gasteiger partial charge on any atom is 0.266 e. The normalized spacial score (nSPS) is 14.9. The quantitative estimate of drug-likeness (QED) is 0.504. The number of thiocarbonyl (C=S) groups is 1. The first-order chi connectivity index (χ1) is 14.3. The molecule has 0 unspecified atom stereocenters. The van der Waals surface area contributed by atoms with E-state index in [9.17, 15) is 14.0 Å². The number of nitrogens with one attached hydrogen (secondary N) is 1. The molecule has 0 aromatic heterocycles. The molecule has 1 N–H and O–H groups in total. The van der Waals surface area contributed by atoms with Crippen LogP contribution in [0.2, 0.25) is 5.02 Å². The number of methoxy groups -OCH3 is 2. The van der Waals surface area contributed by atoms with Crippen molar-refractivity contribution in [1.82, 2.24) is 4.90 Å². The summed E-state index contributed by atoms with van der Waals surface area (Å²) in [7, 11) is 3.06. The molecule has 1 saturated heterocycles. The van der Waals surface area contributed by atoms with Crippen molar-refractivity contribution in [3.05, 3.63) is 57.7 Å². The Morgan fingerprint density at radius 1 is 1.23 bits per heavy atom. The number of thioether (sulfide) groups is 1. The van der Waals surface area contributed by atoms with Gasteiger partial charge in [-0.1, -0.05) is 41.6 Å². The van der Waals surface area contributed by atoms with Gasteiger partial charge in [-0.05, 0) is 42.0 Å². The zero-order chi connectivity index (χ0) is 21.8. The van der Waals surface area contributed by atoms with Crippen molar-refractivity contribution in [2.24, 2.45) is 0 Å². The number of benzene rings is 2. The Hall–Kier alpha value is -2.62. The Kier molecular flexibility index (Phi) is 6.96. The molecule has 0 atom stereocenters. The summed E-state index contributed by atoms with van der Waals surface area (Å²) in [4.78, 5) is 26.6. The van der Waals surface area contributed by atoms with Crippen molar-refractivity contribution in [2.75, 3.05) is 26.1 Å². The zero-order valence-corrected chi connectivity index (χ0v) is 18.3. The second-order valence-electron chi connectivity index (χ2n) is 6.06. The highest BCUT2D eigenvalue weighted by Gasteiger charge is 2.33. The molecule has 1 heterocycles. The second kappa shape index (κ2) is 9.46. The summed E-state index contributed by atoms with van der Waals surface area (Å²) in [5.74, 6) is -0.362. The maximum atomic E-state index is 13.2. The minimum atomic E-state index is -0.591. The molecule has 0 spiro atoms. The fourth-order valence-corrected chi connectivity index (χ4v) is 4.08. The van der Waals surface area contributed by atoms with Crippen LogP contribution in [0.15, 0.2) is 41.3 Å². The van der Waals surface area contributed by atoms with Gasteiger partial charge in [-0.3, -0.25) is 14.5 Å². The SMILES string of the molecule is COc1ccc(C=C2SC(=S)N(CC(=O)Nc3ccc(F)c(Cl)c3)C2=O)cc1OC. The summed E-state index contributed by atoms with van der Waals surface area (Å²) in [6.45, 7) is -0.275. The van der Waals surface area contributed by atoms with Crippen molar-refractivity contribution in [2.45, 2.75) is 0 Å². The lowest BCUT2D eigenvalue weighted by Gasteiger charge is -2.14. The number of nitrogens with zero attached hydrogens (tertiary/aromatic N) is 1. The number of hydrogen-bond donors (Lipinski definition) is 1. The lowest BCUT2D eigenvalue weighted by atomic mass is 10.2. The third kappa shape index (κ3) is 4.92. The van der Waals surface area contributed by atoms with E-state index < -0.39 is 11.7 Å². The molecule has 6 nitrogen and oxygen atoms in total. The summed E-state index contributed by atoms with van der Waals surface area (Å²) in [6, 6.07) is 9.04. The molecule has 0 saturated carbocycles. The van der Waals surface area contributed by atoms with Crippen LogP contribution in [0, 0.1) is 5.82 Å². The minimum absolute atomic E-state index is 0.115. The molecule has 1 aliphatic heterocycles. The molecule has 0 bridgehead atoms. The van der Waals surface area contributed by atoms with E-state index in [1.807, 2.05) is 0 Å². The Morgan fingerprint density at radius 3 is 2.63 bits per heavy atom. The third-order valence-corrected chi connectivity index (χ3v) is 5.75. The smallest absolute Gasteiger partial charge is 0.266 e. The van der Waals surface area contributed by atoms with Crippen molar-refractivity contribution in [1.29, 1.82) is 0 Å². The van der Waals surface area contributed by atoms with E-state index in [1.54, 1.807) is 24.3 Å². The predicted octanol–water partition coefficient (Wildman–Crippen LogP) is 4.34. The summed E-state index contributed by atoms with van der Waals surface area (Å²) >= 11 is 12.1. The van der Waals surface area contributed by atoms with E-state index in [0.717, 1.165) is 23.4 Å². The van der Waals surface area contributed by atoms with Gasteiger partial charge in [0.25, 0.3) is 5.91 Å². The Labute approximate surface area is 187 Å². The molecule has 1 aliphatic rings. The molecule has 2 aromatic carbocycles. The van der Waals surface area contributed by atoms with E-state index >= 15 is 0 Å². The van der Waals surface area contributed by atoms with Gasteiger partial charge < -0.3 is 14.8 Å². The number of rotatable bonds is 6. The minimum Gasteiger partial charge on any atom is -0.493 e. The predicted molar refractivity (Wildman–Crippen MR) is 119 cm³/mol. The van der Waals surface area contributed by atoms with Gasteiger partial charge in [-0.2, -0.15) is 0 Å². The number of carbonyl (C=O) groups is 2. The average molecular weight is 467 g/mol. The highest BCUT2D eigenvalue weighted by Crippen LogP contribution is 2.34. The van der Waals surface area contributed by atoms with Gasteiger partial charge in [-0.25, -0.2) is 4.39 Å². The van der Waals surface area contributed by atoms with Crippen LogP contribution in [0.4, 0.5) is 10.1 Å². The van der Waals surface area contributed by atoms with E-state index in [2.05, 4.69) is 5.32 Å². The molecule has 2 aromatic rings. The molecular formula is C20H16ClFN2O4S2. The molecule has 1 fully saturated rings. The molecule has 0 radical (unpaired) electrons. The van der Waals surface area contributed by atoms with Crippen molar-refractivity contribution < 1.29 is 23.5 Å². The fraction of sp³-hybridized carbons (Fsp3) is 0.150. The standard InChI is InChI=1S/C20H16ClFN2O4S2/c1-27-15-6-3-11(7-16(15)28-2)8-17-19(26)24(20(29)30-17)10-18(25)23-12-4-5-14(22)13(21)9-12/h3-9H,10H2,1-2H3,(H,23,25). The van der Waals surface area contributed by atoms with E-state index in [0.29, 0.717) is 22.1 Å². The van der Waals surface area contributed by atoms with Crippen LogP contribution in [0.3, 0.4) is 0 Å². The Morgan fingerprint density at radius 2 is 1.97 bits per heavy atom. The topological polar surface area (TPSA) is 67.9 Å². The van der Waals surface area contributed by atoms with E-state index in [-0.39, 0.29) is 21.8 Å². The molecule has 3 rings (SSSR count). The lowest BCUT2D eigenvalue weighted by molar-refractivity contribution is -0.126. The van der Waals surface area contributed by atoms with Crippen LogP contribution in [0.5, 0.6) is 11.5 Å². The van der Waals surface area contributed by atoms with Gasteiger partial charge in [0.15, 0.2) is 11.5 Å². The van der Waals surface area contributed by atoms with Crippen LogP contribution in [-0.4, -0.2) is 41.8 Å². The van der Waals surface area contributed by atoms with Crippen molar-refractivity contribution in [3.63, 3.8) is 0 Å². The third-order valence-electron chi connectivity index (χ3n) is 4.08. The van der Waals surface area contributed by atoms with Crippen LogP contribution >= 0.6 is 35.6 Å². The first kappa shape index (κ1) is 22.1. The van der Waals surface area contributed by atoms with Gasteiger partial charge in [0.2, 0.25) is 5.91 Å². The van der Waals surface area contributed by atoms with Crippen LogP contribution < -0.4 is 14.8 Å². The largest absolute Gasteiger partial charge is 0.493 e. The van der Waals surface area contributed by atoms with Crippen LogP contribution in [-0.2, 0) is 9.59 Å². The van der Waals surface area contributed by atoms with E-state index in [1.165, 1.54) is 31.3 Å². The molecular weight excluding hydrogens is 451 g/mol. The summed E-state index contributed by atoms with van der Waals surface area (Å²) in [6.07, 6.45) is 1.67. The average Bonchev–Trinajstić information content (AvgIpc) is 2.98. The van der Waals surface area contributed by atoms with Gasteiger partial charge in [0.1, 0.15) is 16.7 Å². The number of halogens is 2. The second-order valence-corrected chi connectivity index (χ2v) is 8.14. The van der Waals surface area contributed by atoms with Gasteiger partial charge in [-0.15, -0.1) is 0 Å². The van der Waals surface area contributed by atoms with Crippen molar-refractivity contribution >= 4 is 63.5 Å². The highest BCUT2D eigenvalue weighted by molar-refractivity contribution is 8.26. The van der Waals surface area contributed by atoms with Gasteiger partial charge >= 0.3 is 0 Å². The van der Waals surface area contributed by atoms with Crippen LogP contribution in [0.25, 0.3) is 6.08 Å². The Bertz CT molecular complexity index is 1060. The molecule has 30 heavy (non-hydrogen) atoms. The Balaban J connectivity index is 1.72. The zero-order valence-electron chi connectivity index (χ0n) is 15.9. The number of anilines is 1. The van der Waals surface area contributed by atoms with E-state index in [4.69, 9.17) is 33.3 Å². The summed E-state index contributed by atoms with van der Waals surface area (Å²) < 4.78 is 24.0. The van der Waals surface area contributed by atoms with Gasteiger partial charge in [0.05, 0.1) is 24.1 Å². The first-order valence-electron chi connectivity index (χ1n) is 8.54. The molecule has 2 amide bonds. The number of ether oxygens (including phenoxy) is 2. The number of amides is 2. The van der Waals surface area contributed by atoms with Crippen molar-refractivity contribution in [3.8, 4) is 11.5 Å².